The minimum Gasteiger partial charge on any atom is -0.357 e. The number of hydrogen-bond acceptors (Lipinski definition) is 3. The number of hydrogen-bond donors (Lipinski definition) is 3. The highest BCUT2D eigenvalue weighted by molar-refractivity contribution is 14.0. The summed E-state index contributed by atoms with van der Waals surface area (Å²) < 4.78 is 0. The summed E-state index contributed by atoms with van der Waals surface area (Å²) in [6.07, 6.45) is 9.40. The van der Waals surface area contributed by atoms with E-state index in [1.165, 1.54) is 25.7 Å². The molecule has 1 heterocycles. The van der Waals surface area contributed by atoms with Gasteiger partial charge >= 0.3 is 0 Å². The number of nitrogens with one attached hydrogen (secondary N) is 3. The maximum Gasteiger partial charge on any atom is 0.246 e. The number of rotatable bonds is 10. The van der Waals surface area contributed by atoms with Crippen molar-refractivity contribution in [2.24, 2.45) is 4.99 Å². The molecular weight excluding hydrogens is 429 g/mol. The highest BCUT2D eigenvalue weighted by Crippen LogP contribution is 2.05. The number of guanidine groups is 1. The Labute approximate surface area is 168 Å². The predicted molar refractivity (Wildman–Crippen MR) is 116 cm³/mol. The van der Waals surface area contributed by atoms with Gasteiger partial charge in [-0.1, -0.05) is 32.6 Å². The lowest BCUT2D eigenvalue weighted by Crippen LogP contribution is -2.42. The number of halogens is 1. The van der Waals surface area contributed by atoms with E-state index in [-0.39, 0.29) is 36.4 Å². The van der Waals surface area contributed by atoms with E-state index < -0.39 is 0 Å². The summed E-state index contributed by atoms with van der Waals surface area (Å²) in [5.41, 5.74) is 0.681. The molecule has 0 bridgehead atoms. The third-order valence-corrected chi connectivity index (χ3v) is 3.54. The van der Waals surface area contributed by atoms with Crippen LogP contribution < -0.4 is 16.0 Å². The first kappa shape index (κ1) is 23.6. The molecule has 142 valence electrons. The van der Waals surface area contributed by atoms with Crippen LogP contribution in [-0.4, -0.2) is 36.0 Å². The molecule has 1 atom stereocenters. The number of unbranched alkanes of at least 4 members (excludes halogenated alkanes) is 3. The van der Waals surface area contributed by atoms with Crippen molar-refractivity contribution < 1.29 is 4.79 Å². The van der Waals surface area contributed by atoms with E-state index in [4.69, 9.17) is 0 Å². The number of anilines is 1. The molecular formula is C18H32IN5O. The third-order valence-electron chi connectivity index (χ3n) is 3.54. The molecule has 1 rings (SSSR count). The van der Waals surface area contributed by atoms with Crippen LogP contribution in [0.3, 0.4) is 0 Å². The van der Waals surface area contributed by atoms with Crippen molar-refractivity contribution in [3.05, 3.63) is 24.5 Å². The van der Waals surface area contributed by atoms with Crippen molar-refractivity contribution in [2.45, 2.75) is 58.9 Å². The number of carbonyl (C=O) groups excluding carboxylic acids is 1. The van der Waals surface area contributed by atoms with Gasteiger partial charge < -0.3 is 16.0 Å². The molecule has 1 aromatic heterocycles. The van der Waals surface area contributed by atoms with Gasteiger partial charge in [0, 0.05) is 18.8 Å². The fourth-order valence-electron chi connectivity index (χ4n) is 2.29. The zero-order valence-corrected chi connectivity index (χ0v) is 17.9. The number of aliphatic imine (C=N–C) groups is 1. The minimum absolute atomic E-state index is 0. The van der Waals surface area contributed by atoms with Crippen LogP contribution in [0.1, 0.15) is 52.9 Å². The SMILES string of the molecule is CCCCCCC(C)NC(=NCC(=O)Nc1cccnc1)NCC.I. The van der Waals surface area contributed by atoms with Gasteiger partial charge in [0.25, 0.3) is 0 Å². The van der Waals surface area contributed by atoms with Gasteiger partial charge in [0.1, 0.15) is 6.54 Å². The molecule has 1 unspecified atom stereocenters. The van der Waals surface area contributed by atoms with Gasteiger partial charge in [0.05, 0.1) is 11.9 Å². The zero-order valence-electron chi connectivity index (χ0n) is 15.5. The van der Waals surface area contributed by atoms with Crippen molar-refractivity contribution in [2.75, 3.05) is 18.4 Å². The molecule has 0 saturated carbocycles. The largest absolute Gasteiger partial charge is 0.357 e. The van der Waals surface area contributed by atoms with Gasteiger partial charge in [-0.2, -0.15) is 0 Å². The number of pyridine rings is 1. The molecule has 6 nitrogen and oxygen atoms in total. The quantitative estimate of drug-likeness (QED) is 0.216. The molecule has 0 spiro atoms. The van der Waals surface area contributed by atoms with Gasteiger partial charge in [0.2, 0.25) is 5.91 Å². The van der Waals surface area contributed by atoms with Crippen LogP contribution in [0, 0.1) is 0 Å². The standard InChI is InChI=1S/C18H31N5O.HI/c1-4-6-7-8-10-15(3)22-18(20-5-2)21-14-17(24)23-16-11-9-12-19-13-16;/h9,11-13,15H,4-8,10,14H2,1-3H3,(H,23,24)(H2,20,21,22);1H. The van der Waals surface area contributed by atoms with Crippen LogP contribution in [0.2, 0.25) is 0 Å². The Morgan fingerprint density at radius 1 is 1.28 bits per heavy atom. The van der Waals surface area contributed by atoms with Gasteiger partial charge in [-0.25, -0.2) is 4.99 Å². The number of aromatic nitrogens is 1. The summed E-state index contributed by atoms with van der Waals surface area (Å²) >= 11 is 0. The molecule has 0 aliphatic rings. The average Bonchev–Trinajstić information content (AvgIpc) is 2.58. The second-order valence-corrected chi connectivity index (χ2v) is 5.88. The first-order chi connectivity index (χ1) is 11.7. The molecule has 7 heteroatoms. The first-order valence-corrected chi connectivity index (χ1v) is 8.90. The van der Waals surface area contributed by atoms with Gasteiger partial charge in [0.15, 0.2) is 5.96 Å². The van der Waals surface area contributed by atoms with Crippen molar-refractivity contribution in [3.8, 4) is 0 Å². The molecule has 0 saturated heterocycles. The second-order valence-electron chi connectivity index (χ2n) is 5.88. The van der Waals surface area contributed by atoms with E-state index in [2.05, 4.69) is 39.8 Å². The summed E-state index contributed by atoms with van der Waals surface area (Å²) in [5.74, 6) is 0.526. The Morgan fingerprint density at radius 2 is 2.08 bits per heavy atom. The molecule has 0 radical (unpaired) electrons. The summed E-state index contributed by atoms with van der Waals surface area (Å²) in [6.45, 7) is 7.22. The first-order valence-electron chi connectivity index (χ1n) is 8.90. The highest BCUT2D eigenvalue weighted by Gasteiger charge is 2.06. The normalized spacial score (nSPS) is 12.0. The lowest BCUT2D eigenvalue weighted by atomic mass is 10.1. The summed E-state index contributed by atoms with van der Waals surface area (Å²) in [7, 11) is 0. The molecule has 3 N–H and O–H groups in total. The minimum atomic E-state index is -0.157. The number of amides is 1. The Hall–Kier alpha value is -1.38. The van der Waals surface area contributed by atoms with Crippen LogP contribution >= 0.6 is 24.0 Å². The van der Waals surface area contributed by atoms with Crippen molar-refractivity contribution >= 4 is 41.5 Å². The third kappa shape index (κ3) is 11.7. The molecule has 0 aliphatic heterocycles. The maximum atomic E-state index is 11.9. The Morgan fingerprint density at radius 3 is 2.72 bits per heavy atom. The van der Waals surface area contributed by atoms with Crippen LogP contribution in [0.4, 0.5) is 5.69 Å². The molecule has 1 amide bonds. The predicted octanol–water partition coefficient (Wildman–Crippen LogP) is 3.55. The topological polar surface area (TPSA) is 78.4 Å². The van der Waals surface area contributed by atoms with Crippen molar-refractivity contribution in [1.82, 2.24) is 15.6 Å². The van der Waals surface area contributed by atoms with E-state index in [1.807, 2.05) is 6.92 Å². The Kier molecular flexibility index (Phi) is 14.1. The maximum absolute atomic E-state index is 11.9. The monoisotopic (exact) mass is 461 g/mol. The van der Waals surface area contributed by atoms with E-state index in [0.717, 1.165) is 13.0 Å². The van der Waals surface area contributed by atoms with E-state index in [1.54, 1.807) is 24.5 Å². The van der Waals surface area contributed by atoms with Crippen molar-refractivity contribution in [3.63, 3.8) is 0 Å². The summed E-state index contributed by atoms with van der Waals surface area (Å²) in [5, 5.41) is 9.32. The fraction of sp³-hybridized carbons (Fsp3) is 0.611. The summed E-state index contributed by atoms with van der Waals surface area (Å²) in [4.78, 5) is 20.3. The average molecular weight is 461 g/mol. The van der Waals surface area contributed by atoms with Crippen LogP contribution in [0.15, 0.2) is 29.5 Å². The molecule has 0 aromatic carbocycles. The van der Waals surface area contributed by atoms with Crippen molar-refractivity contribution in [1.29, 1.82) is 0 Å². The zero-order chi connectivity index (χ0) is 17.6. The Balaban J connectivity index is 0.00000576. The molecule has 1 aromatic rings. The second kappa shape index (κ2) is 14.9. The summed E-state index contributed by atoms with van der Waals surface area (Å²) in [6, 6.07) is 3.92. The van der Waals surface area contributed by atoms with E-state index >= 15 is 0 Å². The molecule has 0 aliphatic carbocycles. The smallest absolute Gasteiger partial charge is 0.246 e. The number of carbonyl (C=O) groups is 1. The molecule has 25 heavy (non-hydrogen) atoms. The van der Waals surface area contributed by atoms with Gasteiger partial charge in [-0.15, -0.1) is 24.0 Å². The van der Waals surface area contributed by atoms with Crippen LogP contribution in [0.5, 0.6) is 0 Å². The van der Waals surface area contributed by atoms with Gasteiger partial charge in [-0.3, -0.25) is 9.78 Å². The Bertz CT molecular complexity index is 495. The van der Waals surface area contributed by atoms with Gasteiger partial charge in [-0.05, 0) is 32.4 Å². The number of nitrogens with zero attached hydrogens (tertiary/aromatic N) is 2. The van der Waals surface area contributed by atoms with Crippen LogP contribution in [-0.2, 0) is 4.79 Å². The lowest BCUT2D eigenvalue weighted by molar-refractivity contribution is -0.114. The van der Waals surface area contributed by atoms with E-state index in [0.29, 0.717) is 17.7 Å². The highest BCUT2D eigenvalue weighted by atomic mass is 127. The van der Waals surface area contributed by atoms with Crippen LogP contribution in [0.25, 0.3) is 0 Å². The van der Waals surface area contributed by atoms with E-state index in [9.17, 15) is 4.79 Å². The molecule has 0 fully saturated rings. The fourth-order valence-corrected chi connectivity index (χ4v) is 2.29. The lowest BCUT2D eigenvalue weighted by Gasteiger charge is -2.17.